The number of anilines is 1. The predicted octanol–water partition coefficient (Wildman–Crippen LogP) is 4.36. The normalized spacial score (nSPS) is 19.8. The Labute approximate surface area is 194 Å². The van der Waals surface area contributed by atoms with Gasteiger partial charge >= 0.3 is 0 Å². The molecule has 2 aromatic carbocycles. The fraction of sp³-hybridized carbons (Fsp3) is 0.444. The lowest BCUT2D eigenvalue weighted by Gasteiger charge is -2.34. The van der Waals surface area contributed by atoms with E-state index in [1.807, 2.05) is 70.2 Å². The summed E-state index contributed by atoms with van der Waals surface area (Å²) in [5.74, 6) is 1.25. The number of aromatic nitrogens is 1. The first kappa shape index (κ1) is 21.8. The largest absolute Gasteiger partial charge is 0.354 e. The van der Waals surface area contributed by atoms with Crippen LogP contribution >= 0.6 is 0 Å². The lowest BCUT2D eigenvalue weighted by atomic mass is 9.80. The van der Waals surface area contributed by atoms with Gasteiger partial charge in [-0.05, 0) is 57.0 Å². The van der Waals surface area contributed by atoms with Gasteiger partial charge in [0.05, 0.1) is 5.39 Å². The third-order valence-corrected chi connectivity index (χ3v) is 7.51. The molecule has 0 spiro atoms. The van der Waals surface area contributed by atoms with Gasteiger partial charge in [0.15, 0.2) is 23.0 Å². The van der Waals surface area contributed by atoms with E-state index in [1.165, 1.54) is 0 Å². The molecule has 172 valence electrons. The molecular weight excluding hydrogens is 414 g/mol. The van der Waals surface area contributed by atoms with Crippen molar-refractivity contribution < 1.29 is 14.1 Å². The minimum absolute atomic E-state index is 0.135. The third kappa shape index (κ3) is 3.57. The van der Waals surface area contributed by atoms with Gasteiger partial charge in [0, 0.05) is 55.5 Å². The SMILES string of the molecule is CC1(C)C(=O)C(C)(C)c2cc(C(=O)CCN3CCN(c4noc5ccccc45)CC3)ccc21. The maximum atomic E-state index is 13.0. The van der Waals surface area contributed by atoms with Crippen LogP contribution in [0.2, 0.25) is 0 Å². The van der Waals surface area contributed by atoms with Gasteiger partial charge in [-0.1, -0.05) is 29.4 Å². The van der Waals surface area contributed by atoms with Crippen molar-refractivity contribution in [3.8, 4) is 0 Å². The van der Waals surface area contributed by atoms with E-state index in [9.17, 15) is 9.59 Å². The van der Waals surface area contributed by atoms with E-state index in [1.54, 1.807) is 0 Å². The van der Waals surface area contributed by atoms with Crippen molar-refractivity contribution in [1.82, 2.24) is 10.1 Å². The molecule has 2 heterocycles. The Morgan fingerprint density at radius 2 is 1.67 bits per heavy atom. The zero-order chi connectivity index (χ0) is 23.4. The second-order valence-corrected chi connectivity index (χ2v) is 10.3. The van der Waals surface area contributed by atoms with Gasteiger partial charge in [-0.2, -0.15) is 0 Å². The summed E-state index contributed by atoms with van der Waals surface area (Å²) in [7, 11) is 0. The van der Waals surface area contributed by atoms with Crippen LogP contribution in [0.1, 0.15) is 55.6 Å². The zero-order valence-corrected chi connectivity index (χ0v) is 19.9. The fourth-order valence-corrected chi connectivity index (χ4v) is 5.49. The summed E-state index contributed by atoms with van der Waals surface area (Å²) in [5, 5.41) is 5.31. The third-order valence-electron chi connectivity index (χ3n) is 7.51. The van der Waals surface area contributed by atoms with Crippen LogP contribution in [0.25, 0.3) is 11.0 Å². The first-order valence-corrected chi connectivity index (χ1v) is 11.7. The molecule has 0 atom stereocenters. The molecule has 6 heteroatoms. The Morgan fingerprint density at radius 1 is 0.970 bits per heavy atom. The maximum Gasteiger partial charge on any atom is 0.180 e. The van der Waals surface area contributed by atoms with Gasteiger partial charge < -0.3 is 9.42 Å². The van der Waals surface area contributed by atoms with Crippen LogP contribution in [0, 0.1) is 0 Å². The number of hydrogen-bond acceptors (Lipinski definition) is 6. The fourth-order valence-electron chi connectivity index (χ4n) is 5.49. The van der Waals surface area contributed by atoms with Crippen molar-refractivity contribution in [3.63, 3.8) is 0 Å². The lowest BCUT2D eigenvalue weighted by Crippen LogP contribution is -2.47. The summed E-state index contributed by atoms with van der Waals surface area (Å²) >= 11 is 0. The molecule has 0 N–H and O–H groups in total. The molecule has 3 aromatic rings. The van der Waals surface area contributed by atoms with Crippen LogP contribution in [0.15, 0.2) is 47.0 Å². The summed E-state index contributed by atoms with van der Waals surface area (Å²) < 4.78 is 5.45. The lowest BCUT2D eigenvalue weighted by molar-refractivity contribution is -0.126. The average molecular weight is 446 g/mol. The Kier molecular flexibility index (Phi) is 5.16. The number of hydrogen-bond donors (Lipinski definition) is 0. The molecule has 0 unspecified atom stereocenters. The molecule has 0 saturated carbocycles. The Balaban J connectivity index is 1.21. The van der Waals surface area contributed by atoms with E-state index in [4.69, 9.17) is 4.52 Å². The maximum absolute atomic E-state index is 13.0. The number of ketones is 2. The topological polar surface area (TPSA) is 66.7 Å². The summed E-state index contributed by atoms with van der Waals surface area (Å²) in [4.78, 5) is 30.5. The molecule has 6 nitrogen and oxygen atoms in total. The number of nitrogens with zero attached hydrogens (tertiary/aromatic N) is 3. The Hall–Kier alpha value is -2.99. The minimum atomic E-state index is -0.559. The van der Waals surface area contributed by atoms with Crippen LogP contribution in [-0.2, 0) is 15.6 Å². The number of Topliss-reactive ketones (excluding diaryl/α,β-unsaturated/α-hetero) is 2. The van der Waals surface area contributed by atoms with Crippen LogP contribution in [0.3, 0.4) is 0 Å². The molecule has 1 aliphatic heterocycles. The van der Waals surface area contributed by atoms with Crippen LogP contribution < -0.4 is 4.90 Å². The number of para-hydroxylation sites is 1. The van der Waals surface area contributed by atoms with Crippen molar-refractivity contribution in [2.24, 2.45) is 0 Å². The first-order chi connectivity index (χ1) is 15.7. The van der Waals surface area contributed by atoms with E-state index in [0.29, 0.717) is 12.0 Å². The summed E-state index contributed by atoms with van der Waals surface area (Å²) in [5.41, 5.74) is 2.50. The number of benzene rings is 2. The summed E-state index contributed by atoms with van der Waals surface area (Å²) in [6.07, 6.45) is 0.476. The molecule has 0 radical (unpaired) electrons. The summed E-state index contributed by atoms with van der Waals surface area (Å²) in [6.45, 7) is 12.1. The van der Waals surface area contributed by atoms with Gasteiger partial charge in [-0.3, -0.25) is 14.5 Å². The van der Waals surface area contributed by atoms with E-state index in [2.05, 4.69) is 15.0 Å². The smallest absolute Gasteiger partial charge is 0.180 e. The van der Waals surface area contributed by atoms with Crippen molar-refractivity contribution >= 4 is 28.4 Å². The van der Waals surface area contributed by atoms with E-state index < -0.39 is 10.8 Å². The highest BCUT2D eigenvalue weighted by atomic mass is 16.5. The molecule has 5 rings (SSSR count). The highest BCUT2D eigenvalue weighted by molar-refractivity contribution is 6.04. The second kappa shape index (κ2) is 7.80. The molecule has 0 amide bonds. The van der Waals surface area contributed by atoms with Gasteiger partial charge in [-0.25, -0.2) is 0 Å². The van der Waals surface area contributed by atoms with Gasteiger partial charge in [0.1, 0.15) is 0 Å². The molecular formula is C27H31N3O3. The molecule has 2 aliphatic rings. The Morgan fingerprint density at radius 3 is 2.42 bits per heavy atom. The minimum Gasteiger partial charge on any atom is -0.354 e. The number of piperazine rings is 1. The van der Waals surface area contributed by atoms with Crippen LogP contribution in [0.5, 0.6) is 0 Å². The zero-order valence-electron chi connectivity index (χ0n) is 19.9. The van der Waals surface area contributed by atoms with E-state index in [-0.39, 0.29) is 11.6 Å². The van der Waals surface area contributed by atoms with Crippen molar-refractivity contribution in [1.29, 1.82) is 0 Å². The van der Waals surface area contributed by atoms with E-state index in [0.717, 1.165) is 60.6 Å². The number of fused-ring (bicyclic) bond motifs is 2. The van der Waals surface area contributed by atoms with Crippen LogP contribution in [-0.4, -0.2) is 54.3 Å². The molecule has 1 aliphatic carbocycles. The van der Waals surface area contributed by atoms with Crippen molar-refractivity contribution in [2.45, 2.75) is 44.9 Å². The molecule has 1 fully saturated rings. The van der Waals surface area contributed by atoms with Gasteiger partial charge in [-0.15, -0.1) is 0 Å². The van der Waals surface area contributed by atoms with Crippen molar-refractivity contribution in [2.75, 3.05) is 37.6 Å². The molecule has 1 aromatic heterocycles. The highest BCUT2D eigenvalue weighted by Gasteiger charge is 2.50. The monoisotopic (exact) mass is 445 g/mol. The number of carbonyl (C=O) groups excluding carboxylic acids is 2. The summed E-state index contributed by atoms with van der Waals surface area (Å²) in [6, 6.07) is 13.8. The number of rotatable bonds is 5. The van der Waals surface area contributed by atoms with Gasteiger partial charge in [0.2, 0.25) is 0 Å². The average Bonchev–Trinajstić information content (AvgIpc) is 3.30. The molecule has 33 heavy (non-hydrogen) atoms. The second-order valence-electron chi connectivity index (χ2n) is 10.3. The molecule has 0 bridgehead atoms. The van der Waals surface area contributed by atoms with Crippen LogP contribution in [0.4, 0.5) is 5.82 Å². The quantitative estimate of drug-likeness (QED) is 0.544. The number of carbonyl (C=O) groups is 2. The first-order valence-electron chi connectivity index (χ1n) is 11.7. The Bertz CT molecular complexity index is 1230. The predicted molar refractivity (Wildman–Crippen MR) is 129 cm³/mol. The standard InChI is InChI=1S/C27H31N3O3/c1-26(2)20-10-9-18(17-21(20)27(3,4)25(26)32)22(31)11-12-29-13-15-30(16-14-29)24-19-7-5-6-8-23(19)33-28-24/h5-10,17H,11-16H2,1-4H3. The molecule has 1 saturated heterocycles. The van der Waals surface area contributed by atoms with E-state index >= 15 is 0 Å². The highest BCUT2D eigenvalue weighted by Crippen LogP contribution is 2.46. The van der Waals surface area contributed by atoms with Crippen molar-refractivity contribution in [3.05, 3.63) is 59.2 Å². The van der Waals surface area contributed by atoms with Gasteiger partial charge in [0.25, 0.3) is 0 Å².